The highest BCUT2D eigenvalue weighted by Crippen LogP contribution is 2.23. The van der Waals surface area contributed by atoms with E-state index in [0.29, 0.717) is 5.88 Å². The van der Waals surface area contributed by atoms with Crippen LogP contribution < -0.4 is 0 Å². The second kappa shape index (κ2) is 6.89. The van der Waals surface area contributed by atoms with Gasteiger partial charge in [0, 0.05) is 24.0 Å². The zero-order valence-corrected chi connectivity index (χ0v) is 12.7. The molecular weight excluding hydrogens is 275 g/mol. The number of alkyl halides is 1. The molecule has 1 heterocycles. The molecular formula is C16H20ClFN2. The normalized spacial score (nSPS) is 12.6. The highest BCUT2D eigenvalue weighted by Gasteiger charge is 2.15. The molecule has 0 radical (unpaired) electrons. The average molecular weight is 295 g/mol. The van der Waals surface area contributed by atoms with E-state index in [-0.39, 0.29) is 11.7 Å². The van der Waals surface area contributed by atoms with Crippen LogP contribution in [0, 0.1) is 5.82 Å². The molecule has 2 rings (SSSR count). The van der Waals surface area contributed by atoms with E-state index in [2.05, 4.69) is 25.0 Å². The summed E-state index contributed by atoms with van der Waals surface area (Å²) in [6.07, 6.45) is 1.76. The van der Waals surface area contributed by atoms with Crippen molar-refractivity contribution in [3.63, 3.8) is 0 Å². The maximum absolute atomic E-state index is 13.0. The first-order chi connectivity index (χ1) is 9.67. The second-order valence-corrected chi connectivity index (χ2v) is 5.21. The highest BCUT2D eigenvalue weighted by atomic mass is 35.5. The van der Waals surface area contributed by atoms with Gasteiger partial charge in [-0.1, -0.05) is 19.1 Å². The molecule has 0 fully saturated rings. The molecule has 20 heavy (non-hydrogen) atoms. The van der Waals surface area contributed by atoms with E-state index in [1.165, 1.54) is 17.8 Å². The van der Waals surface area contributed by atoms with E-state index in [0.717, 1.165) is 30.6 Å². The molecule has 1 aromatic carbocycles. The van der Waals surface area contributed by atoms with Crippen molar-refractivity contribution in [2.24, 2.45) is 0 Å². The van der Waals surface area contributed by atoms with Gasteiger partial charge in [-0.15, -0.1) is 11.6 Å². The van der Waals surface area contributed by atoms with Gasteiger partial charge in [0.05, 0.1) is 5.69 Å². The van der Waals surface area contributed by atoms with Crippen LogP contribution in [0.25, 0.3) is 0 Å². The molecule has 0 bridgehead atoms. The van der Waals surface area contributed by atoms with Crippen LogP contribution in [0.3, 0.4) is 0 Å². The first-order valence-electron chi connectivity index (χ1n) is 7.04. The molecule has 0 aliphatic heterocycles. The summed E-state index contributed by atoms with van der Waals surface area (Å²) in [7, 11) is 0. The van der Waals surface area contributed by atoms with Crippen molar-refractivity contribution in [3.05, 3.63) is 53.1 Å². The third-order valence-corrected chi connectivity index (χ3v) is 3.93. The fraction of sp³-hybridized carbons (Fsp3) is 0.438. The van der Waals surface area contributed by atoms with Crippen molar-refractivity contribution in [1.29, 1.82) is 0 Å². The standard InChI is InChI=1S/C16H20ClFN2/c1-3-15-10-16(20(4-2)19-15)9-13(11-17)12-5-7-14(18)8-6-12/h5-8,10,13H,3-4,9,11H2,1-2H3. The molecule has 1 unspecified atom stereocenters. The maximum atomic E-state index is 13.0. The van der Waals surface area contributed by atoms with Gasteiger partial charge in [-0.25, -0.2) is 4.39 Å². The van der Waals surface area contributed by atoms with Crippen molar-refractivity contribution in [2.45, 2.75) is 39.2 Å². The van der Waals surface area contributed by atoms with Crippen LogP contribution in [0.1, 0.15) is 36.7 Å². The van der Waals surface area contributed by atoms with Crippen LogP contribution in [-0.2, 0) is 19.4 Å². The Morgan fingerprint density at radius 3 is 2.50 bits per heavy atom. The van der Waals surface area contributed by atoms with Crippen LogP contribution in [-0.4, -0.2) is 15.7 Å². The lowest BCUT2D eigenvalue weighted by atomic mass is 9.96. The number of aryl methyl sites for hydroxylation is 2. The third-order valence-electron chi connectivity index (χ3n) is 3.56. The highest BCUT2D eigenvalue weighted by molar-refractivity contribution is 6.18. The van der Waals surface area contributed by atoms with E-state index in [9.17, 15) is 4.39 Å². The van der Waals surface area contributed by atoms with Crippen molar-refractivity contribution in [3.8, 4) is 0 Å². The van der Waals surface area contributed by atoms with E-state index in [1.807, 2.05) is 16.8 Å². The molecule has 2 nitrogen and oxygen atoms in total. The van der Waals surface area contributed by atoms with Gasteiger partial charge in [0.25, 0.3) is 0 Å². The predicted molar refractivity (Wildman–Crippen MR) is 80.8 cm³/mol. The number of nitrogens with zero attached hydrogens (tertiary/aromatic N) is 2. The predicted octanol–water partition coefficient (Wildman–Crippen LogP) is 4.17. The topological polar surface area (TPSA) is 17.8 Å². The molecule has 0 spiro atoms. The van der Waals surface area contributed by atoms with Crippen LogP contribution in [0.4, 0.5) is 4.39 Å². The lowest BCUT2D eigenvalue weighted by Gasteiger charge is -2.15. The number of rotatable bonds is 6. The van der Waals surface area contributed by atoms with Gasteiger partial charge in [0.15, 0.2) is 0 Å². The Balaban J connectivity index is 2.21. The SMILES string of the molecule is CCc1cc(CC(CCl)c2ccc(F)cc2)n(CC)n1. The summed E-state index contributed by atoms with van der Waals surface area (Å²) in [5, 5.41) is 4.56. The fourth-order valence-corrected chi connectivity index (χ4v) is 2.66. The Labute approximate surface area is 124 Å². The Morgan fingerprint density at radius 2 is 1.95 bits per heavy atom. The summed E-state index contributed by atoms with van der Waals surface area (Å²) in [4.78, 5) is 0. The van der Waals surface area contributed by atoms with Gasteiger partial charge in [-0.2, -0.15) is 5.10 Å². The quantitative estimate of drug-likeness (QED) is 0.731. The van der Waals surface area contributed by atoms with Crippen LogP contribution in [0.15, 0.2) is 30.3 Å². The number of hydrogen-bond acceptors (Lipinski definition) is 1. The lowest BCUT2D eigenvalue weighted by Crippen LogP contribution is -2.10. The Hall–Kier alpha value is -1.35. The minimum atomic E-state index is -0.214. The fourth-order valence-electron chi connectivity index (χ4n) is 2.37. The molecule has 108 valence electrons. The smallest absolute Gasteiger partial charge is 0.123 e. The van der Waals surface area contributed by atoms with Crippen LogP contribution in [0.5, 0.6) is 0 Å². The molecule has 4 heteroatoms. The van der Waals surface area contributed by atoms with Crippen LogP contribution >= 0.6 is 11.6 Å². The minimum Gasteiger partial charge on any atom is -0.270 e. The molecule has 0 aliphatic rings. The first-order valence-corrected chi connectivity index (χ1v) is 7.58. The lowest BCUT2D eigenvalue weighted by molar-refractivity contribution is 0.592. The minimum absolute atomic E-state index is 0.184. The summed E-state index contributed by atoms with van der Waals surface area (Å²) in [5.74, 6) is 0.486. The molecule has 1 atom stereocenters. The number of hydrogen-bond donors (Lipinski definition) is 0. The number of benzene rings is 1. The van der Waals surface area contributed by atoms with Crippen molar-refractivity contribution >= 4 is 11.6 Å². The molecule has 0 saturated carbocycles. The zero-order chi connectivity index (χ0) is 14.5. The molecule has 1 aromatic heterocycles. The number of aromatic nitrogens is 2. The molecule has 2 aromatic rings. The monoisotopic (exact) mass is 294 g/mol. The third kappa shape index (κ3) is 3.40. The Bertz CT molecular complexity index is 548. The second-order valence-electron chi connectivity index (χ2n) is 4.90. The van der Waals surface area contributed by atoms with E-state index in [4.69, 9.17) is 11.6 Å². The Morgan fingerprint density at radius 1 is 1.25 bits per heavy atom. The summed E-state index contributed by atoms with van der Waals surface area (Å²) in [6, 6.07) is 8.76. The molecule has 0 N–H and O–H groups in total. The average Bonchev–Trinajstić information content (AvgIpc) is 2.88. The summed E-state index contributed by atoms with van der Waals surface area (Å²) < 4.78 is 15.0. The summed E-state index contributed by atoms with van der Waals surface area (Å²) in [5.41, 5.74) is 3.37. The van der Waals surface area contributed by atoms with Gasteiger partial charge in [0.2, 0.25) is 0 Å². The van der Waals surface area contributed by atoms with Crippen molar-refractivity contribution in [1.82, 2.24) is 9.78 Å². The zero-order valence-electron chi connectivity index (χ0n) is 11.9. The summed E-state index contributed by atoms with van der Waals surface area (Å²) >= 11 is 6.10. The summed E-state index contributed by atoms with van der Waals surface area (Å²) in [6.45, 7) is 5.04. The first kappa shape index (κ1) is 15.0. The molecule has 0 aliphatic carbocycles. The van der Waals surface area contributed by atoms with E-state index >= 15 is 0 Å². The Kier molecular flexibility index (Phi) is 5.18. The van der Waals surface area contributed by atoms with Gasteiger partial charge in [-0.3, -0.25) is 4.68 Å². The van der Waals surface area contributed by atoms with E-state index in [1.54, 1.807) is 0 Å². The van der Waals surface area contributed by atoms with Gasteiger partial charge < -0.3 is 0 Å². The van der Waals surface area contributed by atoms with Crippen molar-refractivity contribution < 1.29 is 4.39 Å². The van der Waals surface area contributed by atoms with Crippen LogP contribution in [0.2, 0.25) is 0 Å². The van der Waals surface area contributed by atoms with Gasteiger partial charge >= 0.3 is 0 Å². The maximum Gasteiger partial charge on any atom is 0.123 e. The van der Waals surface area contributed by atoms with Crippen molar-refractivity contribution in [2.75, 3.05) is 5.88 Å². The molecule has 0 saturated heterocycles. The van der Waals surface area contributed by atoms with Gasteiger partial charge in [0.1, 0.15) is 5.82 Å². The van der Waals surface area contributed by atoms with E-state index < -0.39 is 0 Å². The van der Waals surface area contributed by atoms with Gasteiger partial charge in [-0.05, 0) is 43.5 Å². The number of halogens is 2. The largest absolute Gasteiger partial charge is 0.270 e. The molecule has 0 amide bonds.